The summed E-state index contributed by atoms with van der Waals surface area (Å²) >= 11 is 0. The third kappa shape index (κ3) is 3.02. The average Bonchev–Trinajstić information content (AvgIpc) is 3.05. The van der Waals surface area contributed by atoms with Crippen molar-refractivity contribution >= 4 is 25.9 Å². The van der Waals surface area contributed by atoms with E-state index < -0.39 is 14.2 Å². The number of rotatable bonds is 5. The summed E-state index contributed by atoms with van der Waals surface area (Å²) in [4.78, 5) is 25.9. The van der Waals surface area contributed by atoms with Crippen LogP contribution in [0.4, 0.5) is 10.6 Å². The average molecular weight is 393 g/mol. The molecule has 1 aliphatic heterocycles. The highest BCUT2D eigenvalue weighted by atomic mass is 28.3. The summed E-state index contributed by atoms with van der Waals surface area (Å²) in [6, 6.07) is 1.06. The normalized spacial score (nSPS) is 19.9. The molecular formula is C19H32N4O3Si. The monoisotopic (exact) mass is 392 g/mol. The Kier molecular flexibility index (Phi) is 5.01. The van der Waals surface area contributed by atoms with Crippen LogP contribution in [0.5, 0.6) is 0 Å². The lowest BCUT2D eigenvalue weighted by atomic mass is 9.83. The van der Waals surface area contributed by atoms with E-state index in [1.54, 1.807) is 6.92 Å². The van der Waals surface area contributed by atoms with Crippen LogP contribution in [-0.4, -0.2) is 36.5 Å². The minimum Gasteiger partial charge on any atom is -0.448 e. The molecule has 8 heteroatoms. The number of carbonyl (C=O) groups excluding carboxylic acids is 2. The van der Waals surface area contributed by atoms with Crippen molar-refractivity contribution in [1.82, 2.24) is 15.1 Å². The maximum Gasteiger partial charge on any atom is 0.436 e. The smallest absolute Gasteiger partial charge is 0.436 e. The molecule has 1 fully saturated rings. The number of ether oxygens (including phenoxy) is 1. The lowest BCUT2D eigenvalue weighted by Crippen LogP contribution is -2.53. The first-order valence-corrected chi connectivity index (χ1v) is 13.2. The van der Waals surface area contributed by atoms with Gasteiger partial charge in [0.2, 0.25) is 5.91 Å². The third-order valence-corrected chi connectivity index (χ3v) is 11.9. The van der Waals surface area contributed by atoms with E-state index in [4.69, 9.17) is 4.74 Å². The van der Waals surface area contributed by atoms with E-state index in [9.17, 15) is 9.59 Å². The largest absolute Gasteiger partial charge is 0.448 e. The second-order valence-corrected chi connectivity index (χ2v) is 14.3. The van der Waals surface area contributed by atoms with Crippen LogP contribution in [0.15, 0.2) is 0 Å². The molecule has 7 nitrogen and oxygen atoms in total. The van der Waals surface area contributed by atoms with Crippen molar-refractivity contribution < 1.29 is 14.3 Å². The van der Waals surface area contributed by atoms with E-state index >= 15 is 0 Å². The number of nitrogens with zero attached hydrogens (tertiary/aromatic N) is 2. The fraction of sp³-hybridized carbons (Fsp3) is 0.737. The van der Waals surface area contributed by atoms with Crippen LogP contribution in [-0.2, 0) is 21.6 Å². The number of hydrogen-bond donors (Lipinski definition) is 2. The number of hydrogen-bond acceptors (Lipinski definition) is 5. The summed E-state index contributed by atoms with van der Waals surface area (Å²) in [5, 5.41) is 10.7. The van der Waals surface area contributed by atoms with Crippen molar-refractivity contribution in [2.75, 3.05) is 11.9 Å². The molecule has 2 aliphatic rings. The maximum absolute atomic E-state index is 13.4. The van der Waals surface area contributed by atoms with E-state index in [1.165, 1.54) is 4.68 Å². The van der Waals surface area contributed by atoms with Gasteiger partial charge in [0.25, 0.3) is 0 Å². The second kappa shape index (κ2) is 6.74. The molecule has 1 saturated carbocycles. The Labute approximate surface area is 162 Å². The van der Waals surface area contributed by atoms with Crippen molar-refractivity contribution in [3.8, 4) is 0 Å². The van der Waals surface area contributed by atoms with Crippen molar-refractivity contribution in [2.45, 2.75) is 83.2 Å². The first kappa shape index (κ1) is 20.1. The zero-order valence-corrected chi connectivity index (χ0v) is 18.4. The molecule has 2 heterocycles. The fourth-order valence-electron chi connectivity index (χ4n) is 4.27. The van der Waals surface area contributed by atoms with Crippen LogP contribution < -0.4 is 10.6 Å². The van der Waals surface area contributed by atoms with Gasteiger partial charge in [0.1, 0.15) is 5.82 Å². The summed E-state index contributed by atoms with van der Waals surface area (Å²) in [7, 11) is -1.73. The van der Waals surface area contributed by atoms with Crippen LogP contribution >= 0.6 is 0 Å². The van der Waals surface area contributed by atoms with Gasteiger partial charge in [-0.05, 0) is 33.6 Å². The molecule has 1 aliphatic carbocycles. The number of aromatic nitrogens is 2. The Hall–Kier alpha value is -1.67. The molecule has 1 amide bonds. The van der Waals surface area contributed by atoms with Crippen LogP contribution in [0.3, 0.4) is 0 Å². The molecule has 1 aromatic rings. The highest BCUT2D eigenvalue weighted by Gasteiger charge is 2.55. The summed E-state index contributed by atoms with van der Waals surface area (Å²) in [5.41, 5.74) is 1.32. The number of anilines is 1. The summed E-state index contributed by atoms with van der Waals surface area (Å²) < 4.78 is 6.41. The molecule has 150 valence electrons. The molecule has 2 N–H and O–H groups in total. The van der Waals surface area contributed by atoms with Crippen LogP contribution in [0.2, 0.25) is 24.2 Å². The molecule has 0 saturated heterocycles. The number of carbonyl (C=O) groups is 2. The van der Waals surface area contributed by atoms with Gasteiger partial charge in [0, 0.05) is 17.1 Å². The summed E-state index contributed by atoms with van der Waals surface area (Å²) in [5.74, 6) is 0.518. The molecule has 0 atom stereocenters. The van der Waals surface area contributed by atoms with E-state index in [2.05, 4.69) is 35.8 Å². The Morgan fingerprint density at radius 1 is 1.30 bits per heavy atom. The molecule has 1 aromatic heterocycles. The van der Waals surface area contributed by atoms with Crippen LogP contribution in [0, 0.1) is 0 Å². The Balaban J connectivity index is 1.99. The molecule has 0 aromatic carbocycles. The molecule has 0 bridgehead atoms. The van der Waals surface area contributed by atoms with Crippen molar-refractivity contribution in [3.05, 3.63) is 11.3 Å². The summed E-state index contributed by atoms with van der Waals surface area (Å²) in [6.45, 7) is 13.4. The second-order valence-electron chi connectivity index (χ2n) is 8.89. The van der Waals surface area contributed by atoms with Gasteiger partial charge in [-0.15, -0.1) is 4.68 Å². The zero-order chi connectivity index (χ0) is 20.0. The van der Waals surface area contributed by atoms with E-state index in [0.717, 1.165) is 36.6 Å². The fourth-order valence-corrected chi connectivity index (χ4v) is 7.33. The molecule has 3 rings (SSSR count). The van der Waals surface area contributed by atoms with E-state index in [-0.39, 0.29) is 23.1 Å². The predicted molar refractivity (Wildman–Crippen MR) is 108 cm³/mol. The van der Waals surface area contributed by atoms with E-state index in [0.29, 0.717) is 12.4 Å². The van der Waals surface area contributed by atoms with Gasteiger partial charge in [-0.1, -0.05) is 32.5 Å². The van der Waals surface area contributed by atoms with Crippen LogP contribution in [0.25, 0.3) is 0 Å². The standard InChI is InChI=1S/C19H32N4O3Si/c1-7-26-17(25)23-15(13-12-20-18(3,4)14(13)22-23)21-16(24)19(10-9-11-19)27(5,6)8-2/h20H,7-12H2,1-6H3,(H,21,24). The zero-order valence-electron chi connectivity index (χ0n) is 17.4. The molecule has 0 unspecified atom stereocenters. The minimum absolute atomic E-state index is 0.0465. The van der Waals surface area contributed by atoms with Gasteiger partial charge in [-0.25, -0.2) is 4.79 Å². The summed E-state index contributed by atoms with van der Waals surface area (Å²) in [6.07, 6.45) is 2.41. The lowest BCUT2D eigenvalue weighted by molar-refractivity contribution is -0.121. The first-order chi connectivity index (χ1) is 12.6. The van der Waals surface area contributed by atoms with Gasteiger partial charge in [0.05, 0.1) is 25.9 Å². The Morgan fingerprint density at radius 3 is 2.48 bits per heavy atom. The van der Waals surface area contributed by atoms with Crippen molar-refractivity contribution in [1.29, 1.82) is 0 Å². The third-order valence-electron chi connectivity index (χ3n) is 6.78. The number of nitrogens with one attached hydrogen (secondary N) is 2. The predicted octanol–water partition coefficient (Wildman–Crippen LogP) is 3.82. The van der Waals surface area contributed by atoms with E-state index in [1.807, 2.05) is 13.8 Å². The quantitative estimate of drug-likeness (QED) is 0.744. The number of fused-ring (bicyclic) bond motifs is 1. The molecule has 0 spiro atoms. The SMILES string of the molecule is CCOC(=O)n1nc2c(c1NC(=O)C1([Si](C)(C)CC)CCC1)CNC2(C)C. The van der Waals surface area contributed by atoms with Gasteiger partial charge in [-0.2, -0.15) is 5.10 Å². The lowest BCUT2D eigenvalue weighted by Gasteiger charge is -2.50. The topological polar surface area (TPSA) is 85.2 Å². The van der Waals surface area contributed by atoms with Crippen molar-refractivity contribution in [3.63, 3.8) is 0 Å². The van der Waals surface area contributed by atoms with Crippen molar-refractivity contribution in [2.24, 2.45) is 0 Å². The highest BCUT2D eigenvalue weighted by molar-refractivity contribution is 6.84. The molecular weight excluding hydrogens is 360 g/mol. The van der Waals surface area contributed by atoms with Gasteiger partial charge in [0.15, 0.2) is 0 Å². The maximum atomic E-state index is 13.4. The first-order valence-electron chi connectivity index (χ1n) is 9.95. The van der Waals surface area contributed by atoms with Gasteiger partial charge in [-0.3, -0.25) is 4.79 Å². The molecule has 27 heavy (non-hydrogen) atoms. The van der Waals surface area contributed by atoms with Crippen LogP contribution in [0.1, 0.15) is 58.2 Å². The Morgan fingerprint density at radius 2 is 1.96 bits per heavy atom. The van der Waals surface area contributed by atoms with Gasteiger partial charge < -0.3 is 15.4 Å². The van der Waals surface area contributed by atoms with Gasteiger partial charge >= 0.3 is 6.09 Å². The Bertz CT molecular complexity index is 765. The molecule has 0 radical (unpaired) electrons. The highest BCUT2D eigenvalue weighted by Crippen LogP contribution is 2.57. The minimum atomic E-state index is -1.73. The number of amides is 1.